The van der Waals surface area contributed by atoms with Gasteiger partial charge in [0.1, 0.15) is 24.3 Å². The zero-order valence-corrected chi connectivity index (χ0v) is 11.3. The third-order valence-corrected chi connectivity index (χ3v) is 2.93. The molecule has 0 bridgehead atoms. The zero-order chi connectivity index (χ0) is 14.4. The Hall–Kier alpha value is -2.07. The Balaban J connectivity index is 1.80. The van der Waals surface area contributed by atoms with Crippen molar-refractivity contribution in [3.05, 3.63) is 59.9 Å². The van der Waals surface area contributed by atoms with Gasteiger partial charge in [-0.25, -0.2) is 4.39 Å². The van der Waals surface area contributed by atoms with Crippen molar-refractivity contribution in [3.8, 4) is 5.75 Å². The fraction of sp³-hybridized carbons (Fsp3) is 0.250. The predicted molar refractivity (Wildman–Crippen MR) is 77.6 cm³/mol. The quantitative estimate of drug-likeness (QED) is 0.851. The molecule has 2 aromatic rings. The molecule has 0 aromatic heterocycles. The first-order chi connectivity index (χ1) is 9.66. The van der Waals surface area contributed by atoms with Crippen LogP contribution >= 0.6 is 0 Å². The van der Waals surface area contributed by atoms with E-state index in [2.05, 4.69) is 5.32 Å². The van der Waals surface area contributed by atoms with Gasteiger partial charge in [-0.15, -0.1) is 0 Å². The Kier molecular flexibility index (Phi) is 4.96. The molecule has 4 heteroatoms. The number of halogens is 1. The van der Waals surface area contributed by atoms with Gasteiger partial charge in [-0.3, -0.25) is 0 Å². The van der Waals surface area contributed by atoms with E-state index in [4.69, 9.17) is 4.74 Å². The Labute approximate surface area is 118 Å². The summed E-state index contributed by atoms with van der Waals surface area (Å²) in [5.74, 6) is 0.414. The van der Waals surface area contributed by atoms with Crippen LogP contribution in [0.1, 0.15) is 5.56 Å². The average molecular weight is 275 g/mol. The maximum absolute atomic E-state index is 13.4. The highest BCUT2D eigenvalue weighted by molar-refractivity contribution is 5.44. The predicted octanol–water partition coefficient (Wildman–Crippen LogP) is 2.99. The van der Waals surface area contributed by atoms with Crippen molar-refractivity contribution < 1.29 is 14.2 Å². The van der Waals surface area contributed by atoms with E-state index in [0.29, 0.717) is 5.69 Å². The molecule has 1 atom stereocenters. The smallest absolute Gasteiger partial charge is 0.146 e. The maximum Gasteiger partial charge on any atom is 0.146 e. The molecule has 0 spiro atoms. The van der Waals surface area contributed by atoms with Gasteiger partial charge in [0.15, 0.2) is 0 Å². The van der Waals surface area contributed by atoms with Crippen molar-refractivity contribution in [3.63, 3.8) is 0 Å². The Morgan fingerprint density at radius 2 is 1.85 bits per heavy atom. The number of rotatable bonds is 6. The molecule has 0 saturated heterocycles. The molecule has 0 amide bonds. The number of aryl methyl sites for hydroxylation is 1. The second-order valence-electron chi connectivity index (χ2n) is 4.59. The van der Waals surface area contributed by atoms with Crippen LogP contribution in [0.2, 0.25) is 0 Å². The molecule has 2 rings (SSSR count). The van der Waals surface area contributed by atoms with Gasteiger partial charge in [0.2, 0.25) is 0 Å². The van der Waals surface area contributed by atoms with Gasteiger partial charge in [-0.05, 0) is 30.7 Å². The molecule has 0 radical (unpaired) electrons. The van der Waals surface area contributed by atoms with Crippen molar-refractivity contribution in [2.75, 3.05) is 18.5 Å². The topological polar surface area (TPSA) is 41.5 Å². The number of ether oxygens (including phenoxy) is 1. The number of anilines is 1. The third kappa shape index (κ3) is 3.96. The summed E-state index contributed by atoms with van der Waals surface area (Å²) in [7, 11) is 0. The summed E-state index contributed by atoms with van der Waals surface area (Å²) in [4.78, 5) is 0. The third-order valence-electron chi connectivity index (χ3n) is 2.93. The molecule has 0 heterocycles. The van der Waals surface area contributed by atoms with E-state index in [1.54, 1.807) is 18.2 Å². The number of hydrogen-bond donors (Lipinski definition) is 2. The Morgan fingerprint density at radius 1 is 1.15 bits per heavy atom. The van der Waals surface area contributed by atoms with Gasteiger partial charge < -0.3 is 15.2 Å². The van der Waals surface area contributed by atoms with E-state index in [1.807, 2.05) is 31.2 Å². The van der Waals surface area contributed by atoms with Gasteiger partial charge >= 0.3 is 0 Å². The summed E-state index contributed by atoms with van der Waals surface area (Å²) >= 11 is 0. The lowest BCUT2D eigenvalue weighted by Gasteiger charge is -2.15. The number of hydrogen-bond acceptors (Lipinski definition) is 3. The summed E-state index contributed by atoms with van der Waals surface area (Å²) in [5.41, 5.74) is 1.39. The van der Waals surface area contributed by atoms with Crippen molar-refractivity contribution in [1.82, 2.24) is 0 Å². The number of benzene rings is 2. The van der Waals surface area contributed by atoms with Crippen LogP contribution in [-0.2, 0) is 0 Å². The number of para-hydroxylation sites is 2. The van der Waals surface area contributed by atoms with Crippen LogP contribution in [0.3, 0.4) is 0 Å². The van der Waals surface area contributed by atoms with E-state index in [9.17, 15) is 9.50 Å². The summed E-state index contributed by atoms with van der Waals surface area (Å²) < 4.78 is 18.9. The van der Waals surface area contributed by atoms with Crippen LogP contribution in [0.25, 0.3) is 0 Å². The lowest BCUT2D eigenvalue weighted by molar-refractivity contribution is 0.117. The largest absolute Gasteiger partial charge is 0.491 e. The number of aliphatic hydroxyl groups is 1. The highest BCUT2D eigenvalue weighted by Gasteiger charge is 2.08. The number of nitrogens with one attached hydrogen (secondary N) is 1. The summed E-state index contributed by atoms with van der Waals surface area (Å²) in [6.45, 7) is 2.33. The minimum Gasteiger partial charge on any atom is -0.491 e. The van der Waals surface area contributed by atoms with Gasteiger partial charge in [-0.2, -0.15) is 0 Å². The second-order valence-corrected chi connectivity index (χ2v) is 4.59. The molecular weight excluding hydrogens is 257 g/mol. The van der Waals surface area contributed by atoms with Crippen molar-refractivity contribution in [2.45, 2.75) is 13.0 Å². The summed E-state index contributed by atoms with van der Waals surface area (Å²) in [6, 6.07) is 14.0. The number of aliphatic hydroxyl groups excluding tert-OH is 1. The lowest BCUT2D eigenvalue weighted by Crippen LogP contribution is -2.26. The molecule has 106 valence electrons. The van der Waals surface area contributed by atoms with Gasteiger partial charge in [0.25, 0.3) is 0 Å². The van der Waals surface area contributed by atoms with E-state index in [0.717, 1.165) is 11.3 Å². The van der Waals surface area contributed by atoms with E-state index in [1.165, 1.54) is 6.07 Å². The molecule has 2 aromatic carbocycles. The molecule has 0 aliphatic heterocycles. The highest BCUT2D eigenvalue weighted by atomic mass is 19.1. The monoisotopic (exact) mass is 275 g/mol. The van der Waals surface area contributed by atoms with Crippen molar-refractivity contribution >= 4 is 5.69 Å². The van der Waals surface area contributed by atoms with E-state index < -0.39 is 6.10 Å². The molecule has 0 fully saturated rings. The molecule has 0 aliphatic rings. The molecule has 0 saturated carbocycles. The standard InChI is InChI=1S/C16H18FNO2/c1-12-6-2-5-9-16(12)20-11-13(19)10-18-15-8-4-3-7-14(15)17/h2-9,13,18-19H,10-11H2,1H3. The van der Waals surface area contributed by atoms with Crippen molar-refractivity contribution in [2.24, 2.45) is 0 Å². The molecule has 0 aliphatic carbocycles. The first kappa shape index (κ1) is 14.3. The van der Waals surface area contributed by atoms with Gasteiger partial charge in [-0.1, -0.05) is 30.3 Å². The summed E-state index contributed by atoms with van der Waals surface area (Å²) in [5, 5.41) is 12.7. The molecule has 3 nitrogen and oxygen atoms in total. The highest BCUT2D eigenvalue weighted by Crippen LogP contribution is 2.16. The first-order valence-corrected chi connectivity index (χ1v) is 6.51. The van der Waals surface area contributed by atoms with Crippen molar-refractivity contribution in [1.29, 1.82) is 0 Å². The average Bonchev–Trinajstić information content (AvgIpc) is 2.45. The molecular formula is C16H18FNO2. The van der Waals surface area contributed by atoms with Crippen LogP contribution in [0, 0.1) is 12.7 Å². The van der Waals surface area contributed by atoms with Crippen LogP contribution in [0.4, 0.5) is 10.1 Å². The second kappa shape index (κ2) is 6.91. The molecule has 2 N–H and O–H groups in total. The maximum atomic E-state index is 13.4. The van der Waals surface area contributed by atoms with E-state index >= 15 is 0 Å². The fourth-order valence-electron chi connectivity index (χ4n) is 1.80. The lowest BCUT2D eigenvalue weighted by atomic mass is 10.2. The Bertz CT molecular complexity index is 510. The van der Waals surface area contributed by atoms with Gasteiger partial charge in [0.05, 0.1) is 5.69 Å². The van der Waals surface area contributed by atoms with Crippen LogP contribution < -0.4 is 10.1 Å². The molecule has 20 heavy (non-hydrogen) atoms. The minimum atomic E-state index is -0.714. The Morgan fingerprint density at radius 3 is 2.60 bits per heavy atom. The van der Waals surface area contributed by atoms with Crippen LogP contribution in [0.5, 0.6) is 5.75 Å². The molecule has 1 unspecified atom stereocenters. The summed E-state index contributed by atoms with van der Waals surface area (Å²) in [6.07, 6.45) is -0.714. The minimum absolute atomic E-state index is 0.159. The van der Waals surface area contributed by atoms with Crippen LogP contribution in [0.15, 0.2) is 48.5 Å². The first-order valence-electron chi connectivity index (χ1n) is 6.51. The van der Waals surface area contributed by atoms with Gasteiger partial charge in [0, 0.05) is 6.54 Å². The van der Waals surface area contributed by atoms with E-state index in [-0.39, 0.29) is 19.0 Å². The normalized spacial score (nSPS) is 11.9. The SMILES string of the molecule is Cc1ccccc1OCC(O)CNc1ccccc1F. The fourth-order valence-corrected chi connectivity index (χ4v) is 1.80. The van der Waals surface area contributed by atoms with Crippen LogP contribution in [-0.4, -0.2) is 24.4 Å². The zero-order valence-electron chi connectivity index (χ0n) is 11.3.